The molecule has 102 valence electrons. The highest BCUT2D eigenvalue weighted by Gasteiger charge is 2.17. The van der Waals surface area contributed by atoms with Gasteiger partial charge in [0.25, 0.3) is 10.0 Å². The Morgan fingerprint density at radius 1 is 1.32 bits per heavy atom. The van der Waals surface area contributed by atoms with Crippen LogP contribution in [0.5, 0.6) is 0 Å². The first-order valence-electron chi connectivity index (χ1n) is 6.05. The SMILES string of the molecule is CCn1cc(S(=O)(=O)Nc2cccc(C)c2C)cn1. The molecule has 5 nitrogen and oxygen atoms in total. The highest BCUT2D eigenvalue weighted by atomic mass is 32.2. The summed E-state index contributed by atoms with van der Waals surface area (Å²) < 4.78 is 28.6. The summed E-state index contributed by atoms with van der Waals surface area (Å²) in [7, 11) is -3.58. The Bertz CT molecular complexity index is 690. The van der Waals surface area contributed by atoms with Gasteiger partial charge in [0.1, 0.15) is 4.90 Å². The lowest BCUT2D eigenvalue weighted by atomic mass is 10.1. The van der Waals surface area contributed by atoms with Gasteiger partial charge in [0.05, 0.1) is 11.9 Å². The van der Waals surface area contributed by atoms with E-state index in [-0.39, 0.29) is 4.90 Å². The van der Waals surface area contributed by atoms with Crippen molar-refractivity contribution in [2.45, 2.75) is 32.2 Å². The van der Waals surface area contributed by atoms with Crippen LogP contribution in [-0.2, 0) is 16.6 Å². The van der Waals surface area contributed by atoms with Crippen LogP contribution in [0, 0.1) is 13.8 Å². The first-order chi connectivity index (χ1) is 8.94. The third-order valence-electron chi connectivity index (χ3n) is 3.09. The van der Waals surface area contributed by atoms with E-state index in [1.54, 1.807) is 10.7 Å². The molecule has 2 rings (SSSR count). The first-order valence-corrected chi connectivity index (χ1v) is 7.54. The third kappa shape index (κ3) is 2.78. The standard InChI is InChI=1S/C13H17N3O2S/c1-4-16-9-12(8-14-16)19(17,18)15-13-7-5-6-10(2)11(13)3/h5-9,15H,4H2,1-3H3. The number of aromatic nitrogens is 2. The minimum absolute atomic E-state index is 0.176. The summed E-state index contributed by atoms with van der Waals surface area (Å²) in [5.41, 5.74) is 2.57. The van der Waals surface area contributed by atoms with E-state index in [1.807, 2.05) is 32.9 Å². The lowest BCUT2D eigenvalue weighted by molar-refractivity contribution is 0.600. The highest BCUT2D eigenvalue weighted by molar-refractivity contribution is 7.92. The number of hydrogen-bond acceptors (Lipinski definition) is 3. The molecule has 0 spiro atoms. The second-order valence-corrected chi connectivity index (χ2v) is 6.07. The van der Waals surface area contributed by atoms with Gasteiger partial charge in [-0.3, -0.25) is 9.40 Å². The van der Waals surface area contributed by atoms with Crippen molar-refractivity contribution in [3.63, 3.8) is 0 Å². The molecule has 0 aliphatic heterocycles. The normalized spacial score (nSPS) is 11.5. The van der Waals surface area contributed by atoms with Gasteiger partial charge in [0.2, 0.25) is 0 Å². The molecule has 1 heterocycles. The molecule has 0 bridgehead atoms. The molecule has 1 N–H and O–H groups in total. The van der Waals surface area contributed by atoms with Crippen molar-refractivity contribution < 1.29 is 8.42 Å². The Labute approximate surface area is 113 Å². The van der Waals surface area contributed by atoms with Crippen LogP contribution < -0.4 is 4.72 Å². The molecule has 0 aliphatic carbocycles. The number of sulfonamides is 1. The fourth-order valence-electron chi connectivity index (χ4n) is 1.72. The van der Waals surface area contributed by atoms with E-state index in [4.69, 9.17) is 0 Å². The highest BCUT2D eigenvalue weighted by Crippen LogP contribution is 2.21. The second-order valence-electron chi connectivity index (χ2n) is 4.38. The molecule has 1 aromatic carbocycles. The van der Waals surface area contributed by atoms with Crippen molar-refractivity contribution in [2.75, 3.05) is 4.72 Å². The summed E-state index contributed by atoms with van der Waals surface area (Å²) >= 11 is 0. The van der Waals surface area contributed by atoms with Gasteiger partial charge in [0.15, 0.2) is 0 Å². The Kier molecular flexibility index (Phi) is 3.61. The van der Waals surface area contributed by atoms with E-state index in [0.29, 0.717) is 12.2 Å². The largest absolute Gasteiger partial charge is 0.279 e. The van der Waals surface area contributed by atoms with Gasteiger partial charge in [-0.25, -0.2) is 8.42 Å². The fraction of sp³-hybridized carbons (Fsp3) is 0.308. The smallest absolute Gasteiger partial charge is 0.265 e. The summed E-state index contributed by atoms with van der Waals surface area (Å²) in [6, 6.07) is 5.53. The summed E-state index contributed by atoms with van der Waals surface area (Å²) in [6.45, 7) is 6.38. The lowest BCUT2D eigenvalue weighted by Gasteiger charge is -2.10. The Morgan fingerprint density at radius 3 is 2.68 bits per heavy atom. The zero-order valence-electron chi connectivity index (χ0n) is 11.2. The molecule has 0 saturated carbocycles. The maximum absolute atomic E-state index is 12.2. The molecule has 6 heteroatoms. The van der Waals surface area contributed by atoms with E-state index in [2.05, 4.69) is 9.82 Å². The molecule has 0 radical (unpaired) electrons. The van der Waals surface area contributed by atoms with Gasteiger partial charge < -0.3 is 0 Å². The minimum Gasteiger partial charge on any atom is -0.279 e. The average molecular weight is 279 g/mol. The molecular weight excluding hydrogens is 262 g/mol. The van der Waals surface area contributed by atoms with Crippen molar-refractivity contribution in [2.24, 2.45) is 0 Å². The summed E-state index contributed by atoms with van der Waals surface area (Å²) in [5, 5.41) is 3.98. The summed E-state index contributed by atoms with van der Waals surface area (Å²) in [5.74, 6) is 0. The van der Waals surface area contributed by atoms with Crippen molar-refractivity contribution >= 4 is 15.7 Å². The fourth-order valence-corrected chi connectivity index (χ4v) is 2.80. The molecule has 0 amide bonds. The molecule has 0 atom stereocenters. The summed E-state index contributed by atoms with van der Waals surface area (Å²) in [6.07, 6.45) is 2.88. The molecule has 1 aromatic heterocycles. The second kappa shape index (κ2) is 5.05. The quantitative estimate of drug-likeness (QED) is 0.934. The van der Waals surface area contributed by atoms with Crippen LogP contribution in [0.4, 0.5) is 5.69 Å². The maximum Gasteiger partial charge on any atom is 0.265 e. The van der Waals surface area contributed by atoms with Crippen LogP contribution in [-0.4, -0.2) is 18.2 Å². The zero-order chi connectivity index (χ0) is 14.0. The number of anilines is 1. The van der Waals surface area contributed by atoms with E-state index in [0.717, 1.165) is 11.1 Å². The van der Waals surface area contributed by atoms with E-state index >= 15 is 0 Å². The van der Waals surface area contributed by atoms with Crippen LogP contribution >= 0.6 is 0 Å². The van der Waals surface area contributed by atoms with Crippen molar-refractivity contribution in [1.29, 1.82) is 0 Å². The van der Waals surface area contributed by atoms with E-state index in [1.165, 1.54) is 12.4 Å². The predicted molar refractivity (Wildman–Crippen MR) is 74.6 cm³/mol. The van der Waals surface area contributed by atoms with Crippen LogP contribution in [0.1, 0.15) is 18.1 Å². The lowest BCUT2D eigenvalue weighted by Crippen LogP contribution is -2.13. The molecule has 0 fully saturated rings. The summed E-state index contributed by atoms with van der Waals surface area (Å²) in [4.78, 5) is 0.176. The topological polar surface area (TPSA) is 64.0 Å². The Hall–Kier alpha value is -1.82. The van der Waals surface area contributed by atoms with Crippen LogP contribution in [0.25, 0.3) is 0 Å². The van der Waals surface area contributed by atoms with Gasteiger partial charge in [-0.2, -0.15) is 5.10 Å². The Balaban J connectivity index is 2.33. The maximum atomic E-state index is 12.2. The monoisotopic (exact) mass is 279 g/mol. The molecule has 0 saturated heterocycles. The van der Waals surface area contributed by atoms with Crippen LogP contribution in [0.15, 0.2) is 35.5 Å². The molecule has 0 unspecified atom stereocenters. The van der Waals surface area contributed by atoms with Gasteiger partial charge in [0, 0.05) is 12.7 Å². The molecule has 19 heavy (non-hydrogen) atoms. The number of rotatable bonds is 4. The minimum atomic E-state index is -3.58. The van der Waals surface area contributed by atoms with E-state index in [9.17, 15) is 8.42 Å². The van der Waals surface area contributed by atoms with E-state index < -0.39 is 10.0 Å². The van der Waals surface area contributed by atoms with Gasteiger partial charge in [-0.1, -0.05) is 12.1 Å². The van der Waals surface area contributed by atoms with Crippen LogP contribution in [0.2, 0.25) is 0 Å². The number of nitrogens with one attached hydrogen (secondary N) is 1. The van der Waals surface area contributed by atoms with Crippen molar-refractivity contribution in [3.8, 4) is 0 Å². The van der Waals surface area contributed by atoms with Gasteiger partial charge in [-0.05, 0) is 38.0 Å². The molecule has 2 aromatic rings. The molecular formula is C13H17N3O2S. The number of nitrogens with zero attached hydrogens (tertiary/aromatic N) is 2. The number of benzene rings is 1. The Morgan fingerprint density at radius 2 is 2.05 bits per heavy atom. The van der Waals surface area contributed by atoms with Crippen LogP contribution in [0.3, 0.4) is 0 Å². The average Bonchev–Trinajstić information content (AvgIpc) is 2.84. The predicted octanol–water partition coefficient (Wildman–Crippen LogP) is 2.32. The zero-order valence-corrected chi connectivity index (χ0v) is 12.0. The number of hydrogen-bond donors (Lipinski definition) is 1. The molecule has 0 aliphatic rings. The number of aryl methyl sites for hydroxylation is 2. The first kappa shape index (κ1) is 13.6. The van der Waals surface area contributed by atoms with Crippen molar-refractivity contribution in [3.05, 3.63) is 41.7 Å². The third-order valence-corrected chi connectivity index (χ3v) is 4.41. The van der Waals surface area contributed by atoms with Gasteiger partial charge >= 0.3 is 0 Å². The van der Waals surface area contributed by atoms with Gasteiger partial charge in [-0.15, -0.1) is 0 Å². The van der Waals surface area contributed by atoms with Crippen molar-refractivity contribution in [1.82, 2.24) is 9.78 Å².